The second-order valence-electron chi connectivity index (χ2n) is 9.31. The normalized spacial score (nSPS) is 28.7. The Hall–Kier alpha value is -1.84. The summed E-state index contributed by atoms with van der Waals surface area (Å²) >= 11 is 5.39. The summed E-state index contributed by atoms with van der Waals surface area (Å²) in [6.45, 7) is 0.556. The minimum atomic E-state index is -2.66. The molecule has 3 aliphatic rings. The van der Waals surface area contributed by atoms with Crippen molar-refractivity contribution >= 4 is 23.7 Å². The van der Waals surface area contributed by atoms with Crippen LogP contribution >= 0.6 is 12.2 Å². The Morgan fingerprint density at radius 1 is 1.36 bits per heavy atom. The van der Waals surface area contributed by atoms with E-state index in [2.05, 4.69) is 11.4 Å². The van der Waals surface area contributed by atoms with Gasteiger partial charge in [0.1, 0.15) is 12.4 Å². The Bertz CT molecular complexity index is 842. The van der Waals surface area contributed by atoms with E-state index in [4.69, 9.17) is 26.4 Å². The minimum absolute atomic E-state index is 0.0297. The van der Waals surface area contributed by atoms with Crippen LogP contribution in [0.3, 0.4) is 0 Å². The molecule has 1 aliphatic heterocycles. The number of hydrogen-bond donors (Lipinski definition) is 1. The van der Waals surface area contributed by atoms with E-state index in [1.807, 2.05) is 12.1 Å². The van der Waals surface area contributed by atoms with Crippen molar-refractivity contribution in [3.63, 3.8) is 0 Å². The highest BCUT2D eigenvalue weighted by Gasteiger charge is 2.48. The first kappa shape index (κ1) is 24.3. The second kappa shape index (κ2) is 10.6. The Morgan fingerprint density at radius 3 is 2.79 bits per heavy atom. The molecule has 4 rings (SSSR count). The zero-order chi connectivity index (χ0) is 23.4. The molecule has 1 aromatic rings. The molecule has 1 saturated heterocycles. The van der Waals surface area contributed by atoms with Gasteiger partial charge in [-0.2, -0.15) is 0 Å². The lowest BCUT2D eigenvalue weighted by Crippen LogP contribution is -2.47. The van der Waals surface area contributed by atoms with Crippen LogP contribution in [-0.4, -0.2) is 61.9 Å². The van der Waals surface area contributed by atoms with Gasteiger partial charge in [0.25, 0.3) is 6.43 Å². The summed E-state index contributed by atoms with van der Waals surface area (Å²) in [4.78, 5) is 12.3. The van der Waals surface area contributed by atoms with Crippen molar-refractivity contribution in [2.75, 3.05) is 26.9 Å². The molecule has 2 atom stereocenters. The Balaban J connectivity index is 1.56. The molecule has 1 aromatic carbocycles. The van der Waals surface area contributed by atoms with Crippen LogP contribution in [0.1, 0.15) is 55.7 Å². The van der Waals surface area contributed by atoms with E-state index in [1.54, 1.807) is 7.11 Å². The SMILES string of the molecule is CO[C@H]1CC[C@]2(CC1)Cc1ccc(OCC3CCCO3)cc1C2NC(=S)N(C=O)CC(F)F. The lowest BCUT2D eigenvalue weighted by atomic mass is 9.68. The summed E-state index contributed by atoms with van der Waals surface area (Å²) in [6.07, 6.45) is 4.65. The van der Waals surface area contributed by atoms with Gasteiger partial charge < -0.3 is 19.5 Å². The third kappa shape index (κ3) is 5.46. The van der Waals surface area contributed by atoms with E-state index in [9.17, 15) is 13.6 Å². The molecule has 0 radical (unpaired) electrons. The number of ether oxygens (including phenoxy) is 3. The first-order valence-electron chi connectivity index (χ1n) is 11.6. The van der Waals surface area contributed by atoms with Gasteiger partial charge >= 0.3 is 0 Å². The standard InChI is InChI=1S/C24H32F2N2O4S/c1-30-17-6-8-24(9-7-17)12-16-4-5-18(32-14-19-3-2-10-31-19)11-20(16)22(24)27-23(33)28(15-29)13-21(25)26/h4-5,11,15,17,19,21-22H,2-3,6-10,12-14H2,1H3,(H,27,33)/t17-,19?,22?,24-. The van der Waals surface area contributed by atoms with Crippen molar-refractivity contribution in [2.45, 2.75) is 69.6 Å². The van der Waals surface area contributed by atoms with Crippen LogP contribution in [0.2, 0.25) is 0 Å². The van der Waals surface area contributed by atoms with Gasteiger partial charge in [-0.05, 0) is 85.8 Å². The Morgan fingerprint density at radius 2 is 2.15 bits per heavy atom. The summed E-state index contributed by atoms with van der Waals surface area (Å²) < 4.78 is 43.2. The van der Waals surface area contributed by atoms with Crippen LogP contribution in [0, 0.1) is 5.41 Å². The zero-order valence-electron chi connectivity index (χ0n) is 18.9. The Labute approximate surface area is 198 Å². The Kier molecular flexibility index (Phi) is 7.81. The maximum Gasteiger partial charge on any atom is 0.256 e. The first-order valence-corrected chi connectivity index (χ1v) is 12.1. The average Bonchev–Trinajstić information content (AvgIpc) is 3.43. The van der Waals surface area contributed by atoms with Gasteiger partial charge in [-0.3, -0.25) is 9.69 Å². The molecule has 182 valence electrons. The van der Waals surface area contributed by atoms with Gasteiger partial charge in [0, 0.05) is 13.7 Å². The van der Waals surface area contributed by atoms with Crippen molar-refractivity contribution in [2.24, 2.45) is 5.41 Å². The maximum atomic E-state index is 13.0. The van der Waals surface area contributed by atoms with Crippen LogP contribution < -0.4 is 10.1 Å². The van der Waals surface area contributed by atoms with Gasteiger partial charge in [-0.15, -0.1) is 0 Å². The quantitative estimate of drug-likeness (QED) is 0.446. The third-order valence-corrected chi connectivity index (χ3v) is 7.65. The smallest absolute Gasteiger partial charge is 0.256 e. The molecule has 0 bridgehead atoms. The molecule has 0 aromatic heterocycles. The van der Waals surface area contributed by atoms with Gasteiger partial charge in [0.2, 0.25) is 6.41 Å². The summed E-state index contributed by atoms with van der Waals surface area (Å²) in [5, 5.41) is 3.31. The van der Waals surface area contributed by atoms with E-state index < -0.39 is 13.0 Å². The number of carbonyl (C=O) groups excluding carboxylic acids is 1. The summed E-state index contributed by atoms with van der Waals surface area (Å²) in [5.41, 5.74) is 2.14. The highest BCUT2D eigenvalue weighted by molar-refractivity contribution is 7.80. The lowest BCUT2D eigenvalue weighted by molar-refractivity contribution is -0.116. The van der Waals surface area contributed by atoms with Crippen LogP contribution in [-0.2, 0) is 20.7 Å². The maximum absolute atomic E-state index is 13.0. The number of halogens is 2. The van der Waals surface area contributed by atoms with Crippen LogP contribution in [0.15, 0.2) is 18.2 Å². The van der Waals surface area contributed by atoms with E-state index in [1.165, 1.54) is 5.56 Å². The van der Waals surface area contributed by atoms with Gasteiger partial charge in [0.15, 0.2) is 5.11 Å². The zero-order valence-corrected chi connectivity index (χ0v) is 19.8. The van der Waals surface area contributed by atoms with Gasteiger partial charge in [-0.1, -0.05) is 6.07 Å². The molecule has 1 spiro atoms. The average molecular weight is 483 g/mol. The number of rotatable bonds is 8. The third-order valence-electron chi connectivity index (χ3n) is 7.30. The molecule has 1 amide bonds. The number of benzene rings is 1. The summed E-state index contributed by atoms with van der Waals surface area (Å²) in [7, 11) is 1.74. The van der Waals surface area contributed by atoms with Gasteiger partial charge in [0.05, 0.1) is 24.8 Å². The number of hydrogen-bond acceptors (Lipinski definition) is 5. The van der Waals surface area contributed by atoms with Crippen LogP contribution in [0.4, 0.5) is 8.78 Å². The molecule has 1 N–H and O–H groups in total. The molecule has 1 saturated carbocycles. The fourth-order valence-electron chi connectivity index (χ4n) is 5.50. The molecule has 2 unspecified atom stereocenters. The second-order valence-corrected chi connectivity index (χ2v) is 9.70. The fraction of sp³-hybridized carbons (Fsp3) is 0.667. The molecule has 2 fully saturated rings. The van der Waals surface area contributed by atoms with Crippen molar-refractivity contribution in [3.05, 3.63) is 29.3 Å². The summed E-state index contributed by atoms with van der Waals surface area (Å²) in [6, 6.07) is 5.91. The van der Waals surface area contributed by atoms with Crippen LogP contribution in [0.25, 0.3) is 0 Å². The fourth-order valence-corrected chi connectivity index (χ4v) is 5.73. The highest BCUT2D eigenvalue weighted by Crippen LogP contribution is 2.55. The van der Waals surface area contributed by atoms with Crippen LogP contribution in [0.5, 0.6) is 5.75 Å². The molecular weight excluding hydrogens is 450 g/mol. The number of carbonyl (C=O) groups is 1. The van der Waals surface area contributed by atoms with Crippen molar-refractivity contribution in [1.29, 1.82) is 0 Å². The number of methoxy groups -OCH3 is 1. The molecule has 6 nitrogen and oxygen atoms in total. The number of amides is 1. The lowest BCUT2D eigenvalue weighted by Gasteiger charge is -2.42. The highest BCUT2D eigenvalue weighted by atomic mass is 32.1. The number of nitrogens with zero attached hydrogens (tertiary/aromatic N) is 1. The number of nitrogens with one attached hydrogen (secondary N) is 1. The topological polar surface area (TPSA) is 60.0 Å². The number of thiocarbonyl (C=S) groups is 1. The van der Waals surface area contributed by atoms with Crippen molar-refractivity contribution < 1.29 is 27.8 Å². The summed E-state index contributed by atoms with van der Waals surface area (Å²) in [5.74, 6) is 0.754. The van der Waals surface area contributed by atoms with Crippen molar-refractivity contribution in [1.82, 2.24) is 10.2 Å². The van der Waals surface area contributed by atoms with E-state index >= 15 is 0 Å². The van der Waals surface area contributed by atoms with E-state index in [-0.39, 0.29) is 28.8 Å². The minimum Gasteiger partial charge on any atom is -0.491 e. The largest absolute Gasteiger partial charge is 0.491 e. The first-order chi connectivity index (χ1) is 15.9. The molecular formula is C24H32F2N2O4S. The van der Waals surface area contributed by atoms with E-state index in [0.717, 1.165) is 67.8 Å². The molecule has 33 heavy (non-hydrogen) atoms. The molecule has 1 heterocycles. The van der Waals surface area contributed by atoms with E-state index in [0.29, 0.717) is 13.0 Å². The van der Waals surface area contributed by atoms with Crippen molar-refractivity contribution in [3.8, 4) is 5.75 Å². The number of alkyl halides is 2. The predicted molar refractivity (Wildman–Crippen MR) is 124 cm³/mol. The molecule has 9 heteroatoms. The monoisotopic (exact) mass is 482 g/mol. The predicted octanol–water partition coefficient (Wildman–Crippen LogP) is 4.02. The number of fused-ring (bicyclic) bond motifs is 1. The van der Waals surface area contributed by atoms with Gasteiger partial charge in [-0.25, -0.2) is 8.78 Å². The molecule has 2 aliphatic carbocycles.